The normalized spacial score (nSPS) is 14.1. The Morgan fingerprint density at radius 1 is 0.742 bits per heavy atom. The van der Waals surface area contributed by atoms with Crippen LogP contribution in [0.15, 0.2) is 73.1 Å². The standard InChI is InChI=1S/C24H25N7/c1-3-7-19(8-4-1)11-12-27-24-28-22-21(25-13-14-26-22)23(29-24)31-17-15-30(16-18-31)20-9-5-2-6-10-20/h1-10,13-14H,11-12,15-18H2,(H,26,27,28,29). The summed E-state index contributed by atoms with van der Waals surface area (Å²) in [6.45, 7) is 4.39. The van der Waals surface area contributed by atoms with E-state index >= 15 is 0 Å². The second-order valence-electron chi connectivity index (χ2n) is 7.57. The van der Waals surface area contributed by atoms with Gasteiger partial charge in [-0.25, -0.2) is 9.97 Å². The fourth-order valence-electron chi connectivity index (χ4n) is 3.93. The van der Waals surface area contributed by atoms with Gasteiger partial charge >= 0.3 is 0 Å². The zero-order valence-corrected chi connectivity index (χ0v) is 17.4. The molecule has 1 N–H and O–H groups in total. The third-order valence-electron chi connectivity index (χ3n) is 5.55. The highest BCUT2D eigenvalue weighted by molar-refractivity contribution is 5.84. The largest absolute Gasteiger partial charge is 0.368 e. The second kappa shape index (κ2) is 8.95. The number of para-hydroxylation sites is 1. The molecule has 0 spiro atoms. The van der Waals surface area contributed by atoms with Gasteiger partial charge in [0.05, 0.1) is 0 Å². The lowest BCUT2D eigenvalue weighted by Gasteiger charge is -2.36. The van der Waals surface area contributed by atoms with Crippen LogP contribution >= 0.6 is 0 Å². The van der Waals surface area contributed by atoms with Gasteiger partial charge in [-0.2, -0.15) is 9.97 Å². The molecule has 7 heteroatoms. The topological polar surface area (TPSA) is 70.1 Å². The molecule has 0 aliphatic carbocycles. The predicted octanol–water partition coefficient (Wildman–Crippen LogP) is 3.40. The molecule has 1 aliphatic rings. The van der Waals surface area contributed by atoms with E-state index in [0.717, 1.165) is 50.5 Å². The molecule has 0 atom stereocenters. The van der Waals surface area contributed by atoms with E-state index in [0.29, 0.717) is 11.6 Å². The van der Waals surface area contributed by atoms with Crippen LogP contribution in [0, 0.1) is 0 Å². The molecule has 5 rings (SSSR count). The zero-order valence-electron chi connectivity index (χ0n) is 17.4. The maximum Gasteiger partial charge on any atom is 0.226 e. The lowest BCUT2D eigenvalue weighted by atomic mass is 10.1. The van der Waals surface area contributed by atoms with Crippen LogP contribution in [-0.2, 0) is 6.42 Å². The van der Waals surface area contributed by atoms with Crippen LogP contribution in [0.3, 0.4) is 0 Å². The van der Waals surface area contributed by atoms with Gasteiger partial charge in [-0.15, -0.1) is 0 Å². The Bertz CT molecular complexity index is 1130. The first-order valence-electron chi connectivity index (χ1n) is 10.7. The summed E-state index contributed by atoms with van der Waals surface area (Å²) in [6.07, 6.45) is 4.30. The van der Waals surface area contributed by atoms with E-state index in [2.05, 4.69) is 84.7 Å². The Balaban J connectivity index is 1.33. The average Bonchev–Trinajstić information content (AvgIpc) is 2.85. The molecule has 2 aromatic heterocycles. The Morgan fingerprint density at radius 3 is 2.19 bits per heavy atom. The Morgan fingerprint density at radius 2 is 1.42 bits per heavy atom. The molecule has 0 amide bonds. The van der Waals surface area contributed by atoms with Gasteiger partial charge in [0, 0.05) is 50.8 Å². The minimum absolute atomic E-state index is 0.601. The molecule has 1 saturated heterocycles. The molecule has 0 saturated carbocycles. The van der Waals surface area contributed by atoms with Crippen molar-refractivity contribution in [1.82, 2.24) is 19.9 Å². The molecule has 31 heavy (non-hydrogen) atoms. The van der Waals surface area contributed by atoms with Crippen LogP contribution in [0.25, 0.3) is 11.2 Å². The van der Waals surface area contributed by atoms with E-state index in [4.69, 9.17) is 4.98 Å². The summed E-state index contributed by atoms with van der Waals surface area (Å²) in [7, 11) is 0. The number of nitrogens with zero attached hydrogens (tertiary/aromatic N) is 6. The first-order valence-corrected chi connectivity index (χ1v) is 10.7. The highest BCUT2D eigenvalue weighted by atomic mass is 15.3. The highest BCUT2D eigenvalue weighted by Crippen LogP contribution is 2.25. The number of hydrogen-bond donors (Lipinski definition) is 1. The fourth-order valence-corrected chi connectivity index (χ4v) is 3.93. The molecule has 0 bridgehead atoms. The van der Waals surface area contributed by atoms with Gasteiger partial charge in [0.15, 0.2) is 17.0 Å². The number of hydrogen-bond acceptors (Lipinski definition) is 7. The molecule has 4 aromatic rings. The average molecular weight is 412 g/mol. The number of benzene rings is 2. The molecular weight excluding hydrogens is 386 g/mol. The van der Waals surface area contributed by atoms with Gasteiger partial charge < -0.3 is 15.1 Å². The summed E-state index contributed by atoms with van der Waals surface area (Å²) < 4.78 is 0. The van der Waals surface area contributed by atoms with Crippen molar-refractivity contribution >= 4 is 28.6 Å². The van der Waals surface area contributed by atoms with Gasteiger partial charge in [0.25, 0.3) is 0 Å². The molecule has 1 fully saturated rings. The van der Waals surface area contributed by atoms with Crippen LogP contribution in [0.5, 0.6) is 0 Å². The van der Waals surface area contributed by atoms with Crippen molar-refractivity contribution in [2.24, 2.45) is 0 Å². The third-order valence-corrected chi connectivity index (χ3v) is 5.55. The van der Waals surface area contributed by atoms with Crippen molar-refractivity contribution in [3.05, 3.63) is 78.6 Å². The van der Waals surface area contributed by atoms with E-state index < -0.39 is 0 Å². The molecule has 3 heterocycles. The summed E-state index contributed by atoms with van der Waals surface area (Å²) in [5, 5.41) is 3.37. The van der Waals surface area contributed by atoms with Crippen molar-refractivity contribution in [2.45, 2.75) is 6.42 Å². The summed E-state index contributed by atoms with van der Waals surface area (Å²) in [5.74, 6) is 1.46. The first-order chi connectivity index (χ1) is 15.4. The Hall–Kier alpha value is -3.74. The quantitative estimate of drug-likeness (QED) is 0.521. The summed E-state index contributed by atoms with van der Waals surface area (Å²) >= 11 is 0. The maximum atomic E-state index is 4.84. The summed E-state index contributed by atoms with van der Waals surface area (Å²) in [4.78, 5) is 23.1. The van der Waals surface area contributed by atoms with Crippen LogP contribution < -0.4 is 15.1 Å². The number of rotatable bonds is 6. The number of nitrogens with one attached hydrogen (secondary N) is 1. The van der Waals surface area contributed by atoms with Crippen LogP contribution in [0.1, 0.15) is 5.56 Å². The SMILES string of the molecule is c1ccc(CCNc2nc(N3CCN(c4ccccc4)CC3)c3nccnc3n2)cc1. The molecule has 156 valence electrons. The summed E-state index contributed by atoms with van der Waals surface area (Å²) in [5.41, 5.74) is 3.93. The molecule has 2 aromatic carbocycles. The number of piperazine rings is 1. The van der Waals surface area contributed by atoms with Crippen LogP contribution in [0.2, 0.25) is 0 Å². The first kappa shape index (κ1) is 19.2. The minimum Gasteiger partial charge on any atom is -0.368 e. The second-order valence-corrected chi connectivity index (χ2v) is 7.57. The van der Waals surface area contributed by atoms with E-state index in [9.17, 15) is 0 Å². The van der Waals surface area contributed by atoms with Gasteiger partial charge in [0.2, 0.25) is 5.95 Å². The Kier molecular flexibility index (Phi) is 5.56. The van der Waals surface area contributed by atoms with Gasteiger partial charge in [-0.3, -0.25) is 0 Å². The number of fused-ring (bicyclic) bond motifs is 1. The molecule has 7 nitrogen and oxygen atoms in total. The Labute approximate surface area is 181 Å². The van der Waals surface area contributed by atoms with Crippen molar-refractivity contribution in [2.75, 3.05) is 47.8 Å². The molecular formula is C24H25N7. The van der Waals surface area contributed by atoms with E-state index in [-0.39, 0.29) is 0 Å². The maximum absolute atomic E-state index is 4.84. The zero-order chi connectivity index (χ0) is 20.9. The van der Waals surface area contributed by atoms with E-state index in [1.54, 1.807) is 12.4 Å². The van der Waals surface area contributed by atoms with Crippen LogP contribution in [0.4, 0.5) is 17.5 Å². The van der Waals surface area contributed by atoms with Crippen molar-refractivity contribution in [3.8, 4) is 0 Å². The smallest absolute Gasteiger partial charge is 0.226 e. The monoisotopic (exact) mass is 411 g/mol. The predicted molar refractivity (Wildman–Crippen MR) is 125 cm³/mol. The summed E-state index contributed by atoms with van der Waals surface area (Å²) in [6, 6.07) is 21.0. The van der Waals surface area contributed by atoms with Crippen LogP contribution in [-0.4, -0.2) is 52.7 Å². The lowest BCUT2D eigenvalue weighted by Crippen LogP contribution is -2.47. The number of aromatic nitrogens is 4. The molecule has 1 aliphatic heterocycles. The van der Waals surface area contributed by atoms with Crippen molar-refractivity contribution in [3.63, 3.8) is 0 Å². The minimum atomic E-state index is 0.601. The van der Waals surface area contributed by atoms with Gasteiger partial charge in [-0.1, -0.05) is 48.5 Å². The fraction of sp³-hybridized carbons (Fsp3) is 0.250. The number of anilines is 3. The third kappa shape index (κ3) is 4.40. The highest BCUT2D eigenvalue weighted by Gasteiger charge is 2.22. The van der Waals surface area contributed by atoms with Crippen molar-refractivity contribution < 1.29 is 0 Å². The molecule has 0 unspecified atom stereocenters. The lowest BCUT2D eigenvalue weighted by molar-refractivity contribution is 0.648. The van der Waals surface area contributed by atoms with E-state index in [1.807, 2.05) is 6.07 Å². The van der Waals surface area contributed by atoms with E-state index in [1.165, 1.54) is 11.3 Å². The molecule has 0 radical (unpaired) electrons. The van der Waals surface area contributed by atoms with Gasteiger partial charge in [0.1, 0.15) is 0 Å². The van der Waals surface area contributed by atoms with Crippen molar-refractivity contribution in [1.29, 1.82) is 0 Å². The van der Waals surface area contributed by atoms with Gasteiger partial charge in [-0.05, 0) is 24.1 Å².